The summed E-state index contributed by atoms with van der Waals surface area (Å²) in [4.78, 5) is 16.2. The number of ether oxygens (including phenoxy) is 2. The molecule has 3 heterocycles. The zero-order chi connectivity index (χ0) is 17.5. The molecule has 0 unspecified atom stereocenters. The van der Waals surface area contributed by atoms with Gasteiger partial charge in [0.25, 0.3) is 5.91 Å². The Hall–Kier alpha value is -2.41. The Balaban J connectivity index is 1.42. The van der Waals surface area contributed by atoms with E-state index in [2.05, 4.69) is 15.5 Å². The first-order chi connectivity index (χ1) is 12.2. The maximum atomic E-state index is 12.1. The molecule has 0 radical (unpaired) electrons. The highest BCUT2D eigenvalue weighted by Gasteiger charge is 2.16. The molecule has 0 bridgehead atoms. The Labute approximate surface area is 146 Å². The smallest absolute Gasteiger partial charge is 0.273 e. The monoisotopic (exact) mass is 345 g/mol. The van der Waals surface area contributed by atoms with E-state index in [1.165, 1.54) is 6.42 Å². The Morgan fingerprint density at radius 2 is 2.32 bits per heavy atom. The average molecular weight is 345 g/mol. The average Bonchev–Trinajstić information content (AvgIpc) is 3.11. The van der Waals surface area contributed by atoms with Crippen molar-refractivity contribution < 1.29 is 18.8 Å². The molecule has 1 saturated heterocycles. The lowest BCUT2D eigenvalue weighted by atomic mass is 10.1. The number of pyridine rings is 1. The molecule has 1 fully saturated rings. The summed E-state index contributed by atoms with van der Waals surface area (Å²) < 4.78 is 16.3. The van der Waals surface area contributed by atoms with Crippen LogP contribution in [0.3, 0.4) is 0 Å². The number of nitrogens with zero attached hydrogens (tertiary/aromatic N) is 2. The van der Waals surface area contributed by atoms with Crippen molar-refractivity contribution in [3.8, 4) is 5.75 Å². The Morgan fingerprint density at radius 3 is 3.08 bits per heavy atom. The lowest BCUT2D eigenvalue weighted by Gasteiger charge is -2.22. The fourth-order valence-electron chi connectivity index (χ4n) is 2.65. The van der Waals surface area contributed by atoms with E-state index in [1.807, 2.05) is 19.1 Å². The topological polar surface area (TPSA) is 86.5 Å². The molecule has 7 nitrogen and oxygen atoms in total. The SMILES string of the molecule is Cc1ccc(OCc2cc(C(=O)NCC[C@@H]3CCCCO3)no2)cn1. The number of carbonyl (C=O) groups excluding carboxylic acids is 1. The second-order valence-electron chi connectivity index (χ2n) is 6.14. The molecule has 134 valence electrons. The Bertz CT molecular complexity index is 678. The number of hydrogen-bond acceptors (Lipinski definition) is 6. The van der Waals surface area contributed by atoms with Crippen molar-refractivity contribution in [2.45, 2.75) is 45.3 Å². The number of hydrogen-bond donors (Lipinski definition) is 1. The molecule has 1 aliphatic heterocycles. The molecule has 1 N–H and O–H groups in total. The number of aryl methyl sites for hydroxylation is 1. The molecule has 1 aliphatic rings. The van der Waals surface area contributed by atoms with Gasteiger partial charge in [0.15, 0.2) is 11.5 Å². The molecule has 3 rings (SSSR count). The highest BCUT2D eigenvalue weighted by molar-refractivity contribution is 5.92. The van der Waals surface area contributed by atoms with Crippen LogP contribution in [-0.2, 0) is 11.3 Å². The molecular formula is C18H23N3O4. The summed E-state index contributed by atoms with van der Waals surface area (Å²) >= 11 is 0. The number of nitrogens with one attached hydrogen (secondary N) is 1. The minimum Gasteiger partial charge on any atom is -0.484 e. The largest absolute Gasteiger partial charge is 0.484 e. The van der Waals surface area contributed by atoms with Crippen LogP contribution in [0.1, 0.15) is 47.6 Å². The lowest BCUT2D eigenvalue weighted by Crippen LogP contribution is -2.29. The molecule has 2 aromatic heterocycles. The molecule has 0 spiro atoms. The van der Waals surface area contributed by atoms with Gasteiger partial charge in [0.05, 0.1) is 12.3 Å². The number of carbonyl (C=O) groups is 1. The van der Waals surface area contributed by atoms with Crippen LogP contribution >= 0.6 is 0 Å². The summed E-state index contributed by atoms with van der Waals surface area (Å²) in [5.74, 6) is 0.879. The molecule has 2 aromatic rings. The van der Waals surface area contributed by atoms with E-state index in [0.29, 0.717) is 18.1 Å². The van der Waals surface area contributed by atoms with Crippen LogP contribution in [0.15, 0.2) is 28.9 Å². The van der Waals surface area contributed by atoms with Crippen LogP contribution in [0, 0.1) is 6.92 Å². The van der Waals surface area contributed by atoms with Crippen molar-refractivity contribution in [3.05, 3.63) is 41.5 Å². The number of amides is 1. The van der Waals surface area contributed by atoms with Gasteiger partial charge < -0.3 is 19.3 Å². The van der Waals surface area contributed by atoms with Gasteiger partial charge in [-0.25, -0.2) is 0 Å². The van der Waals surface area contributed by atoms with Crippen molar-refractivity contribution >= 4 is 5.91 Å². The van der Waals surface area contributed by atoms with Crippen molar-refractivity contribution in [3.63, 3.8) is 0 Å². The van der Waals surface area contributed by atoms with Crippen molar-refractivity contribution in [2.75, 3.05) is 13.2 Å². The van der Waals surface area contributed by atoms with E-state index < -0.39 is 0 Å². The first-order valence-corrected chi connectivity index (χ1v) is 8.61. The third-order valence-corrected chi connectivity index (χ3v) is 4.08. The third-order valence-electron chi connectivity index (χ3n) is 4.08. The lowest BCUT2D eigenvalue weighted by molar-refractivity contribution is 0.0117. The molecule has 25 heavy (non-hydrogen) atoms. The summed E-state index contributed by atoms with van der Waals surface area (Å²) in [6.07, 6.45) is 6.10. The Kier molecular flexibility index (Phi) is 6.00. The van der Waals surface area contributed by atoms with Crippen LogP contribution in [0.5, 0.6) is 5.75 Å². The van der Waals surface area contributed by atoms with Crippen LogP contribution in [-0.4, -0.2) is 35.3 Å². The standard InChI is InChI=1S/C18H23N3O4/c1-13-5-6-15(11-20-13)24-12-16-10-17(21-25-16)18(22)19-8-7-14-4-2-3-9-23-14/h5-6,10-11,14H,2-4,7-9,12H2,1H3,(H,19,22)/t14-/m0/s1. The number of rotatable bonds is 7. The normalized spacial score (nSPS) is 17.2. The van der Waals surface area contributed by atoms with E-state index >= 15 is 0 Å². The van der Waals surface area contributed by atoms with Crippen molar-refractivity contribution in [1.82, 2.24) is 15.5 Å². The summed E-state index contributed by atoms with van der Waals surface area (Å²) in [6.45, 7) is 3.49. The highest BCUT2D eigenvalue weighted by Crippen LogP contribution is 2.15. The van der Waals surface area contributed by atoms with Crippen LogP contribution < -0.4 is 10.1 Å². The third kappa shape index (κ3) is 5.29. The van der Waals surface area contributed by atoms with Gasteiger partial charge in [-0.1, -0.05) is 5.16 Å². The molecule has 1 atom stereocenters. The fourth-order valence-corrected chi connectivity index (χ4v) is 2.65. The maximum absolute atomic E-state index is 12.1. The van der Waals surface area contributed by atoms with Crippen LogP contribution in [0.4, 0.5) is 0 Å². The van der Waals surface area contributed by atoms with Gasteiger partial charge in [0.1, 0.15) is 12.4 Å². The van der Waals surface area contributed by atoms with Gasteiger partial charge in [0, 0.05) is 24.9 Å². The molecular weight excluding hydrogens is 322 g/mol. The molecule has 1 amide bonds. The van der Waals surface area contributed by atoms with Gasteiger partial charge >= 0.3 is 0 Å². The maximum Gasteiger partial charge on any atom is 0.273 e. The summed E-state index contributed by atoms with van der Waals surface area (Å²) in [7, 11) is 0. The van der Waals surface area contributed by atoms with E-state index in [-0.39, 0.29) is 24.3 Å². The minimum atomic E-state index is -0.247. The van der Waals surface area contributed by atoms with Gasteiger partial charge in [-0.15, -0.1) is 0 Å². The highest BCUT2D eigenvalue weighted by atomic mass is 16.5. The second kappa shape index (κ2) is 8.62. The summed E-state index contributed by atoms with van der Waals surface area (Å²) in [6, 6.07) is 5.29. The van der Waals surface area contributed by atoms with Gasteiger partial charge in [0.2, 0.25) is 0 Å². The Morgan fingerprint density at radius 1 is 1.40 bits per heavy atom. The summed E-state index contributed by atoms with van der Waals surface area (Å²) in [5.41, 5.74) is 1.18. The van der Waals surface area contributed by atoms with Crippen molar-refractivity contribution in [2.24, 2.45) is 0 Å². The second-order valence-corrected chi connectivity index (χ2v) is 6.14. The predicted molar refractivity (Wildman–Crippen MR) is 90.4 cm³/mol. The zero-order valence-electron chi connectivity index (χ0n) is 14.4. The first-order valence-electron chi connectivity index (χ1n) is 8.61. The fraction of sp³-hybridized carbons (Fsp3) is 0.500. The minimum absolute atomic E-state index is 0.195. The summed E-state index contributed by atoms with van der Waals surface area (Å²) in [5, 5.41) is 6.64. The first kappa shape index (κ1) is 17.4. The van der Waals surface area contributed by atoms with E-state index in [4.69, 9.17) is 14.0 Å². The van der Waals surface area contributed by atoms with Crippen molar-refractivity contribution in [1.29, 1.82) is 0 Å². The van der Waals surface area contributed by atoms with E-state index in [0.717, 1.165) is 31.6 Å². The zero-order valence-corrected chi connectivity index (χ0v) is 14.4. The van der Waals surface area contributed by atoms with Crippen LogP contribution in [0.25, 0.3) is 0 Å². The number of aromatic nitrogens is 2. The van der Waals surface area contributed by atoms with E-state index in [9.17, 15) is 4.79 Å². The molecule has 7 heteroatoms. The molecule has 0 aromatic carbocycles. The van der Waals surface area contributed by atoms with Gasteiger partial charge in [-0.05, 0) is 44.7 Å². The van der Waals surface area contributed by atoms with Gasteiger partial charge in [-0.2, -0.15) is 0 Å². The van der Waals surface area contributed by atoms with Crippen LogP contribution in [0.2, 0.25) is 0 Å². The van der Waals surface area contributed by atoms with Gasteiger partial charge in [-0.3, -0.25) is 9.78 Å². The predicted octanol–water partition coefficient (Wildman–Crippen LogP) is 2.65. The molecule has 0 aliphatic carbocycles. The van der Waals surface area contributed by atoms with E-state index in [1.54, 1.807) is 12.3 Å². The quantitative estimate of drug-likeness (QED) is 0.830. The molecule has 0 saturated carbocycles.